The topological polar surface area (TPSA) is 73.9 Å². The van der Waals surface area contributed by atoms with Gasteiger partial charge in [-0.3, -0.25) is 0 Å². The van der Waals surface area contributed by atoms with E-state index in [1.54, 1.807) is 7.11 Å². The number of carbonyl (C=O) groups is 2. The van der Waals surface area contributed by atoms with Crippen LogP contribution < -0.4 is 10.1 Å². The zero-order valence-electron chi connectivity index (χ0n) is 25.7. The minimum absolute atomic E-state index is 0.134. The second kappa shape index (κ2) is 13.6. The maximum atomic E-state index is 12.6. The fourth-order valence-electron chi connectivity index (χ4n) is 5.98. The van der Waals surface area contributed by atoms with E-state index in [1.807, 2.05) is 33.9 Å². The normalized spacial score (nSPS) is 19.6. The molecule has 2 aliphatic rings. The van der Waals surface area contributed by atoms with Gasteiger partial charge in [-0.15, -0.1) is 0 Å². The van der Waals surface area contributed by atoms with Crippen molar-refractivity contribution < 1.29 is 23.8 Å². The molecule has 1 N–H and O–H groups in total. The summed E-state index contributed by atoms with van der Waals surface area (Å²) < 4.78 is 19.6. The van der Waals surface area contributed by atoms with Crippen LogP contribution in [0.25, 0.3) is 6.08 Å². The fourth-order valence-corrected chi connectivity index (χ4v) is 13.7. The van der Waals surface area contributed by atoms with Gasteiger partial charge in [0.15, 0.2) is 0 Å². The number of nitrogens with one attached hydrogen (secondary N) is 1. The van der Waals surface area contributed by atoms with Gasteiger partial charge in [0.05, 0.1) is 0 Å². The average molecular weight is 676 g/mol. The van der Waals surface area contributed by atoms with Crippen LogP contribution in [0.3, 0.4) is 0 Å². The Morgan fingerprint density at radius 2 is 1.88 bits per heavy atom. The van der Waals surface area contributed by atoms with Gasteiger partial charge in [-0.2, -0.15) is 0 Å². The van der Waals surface area contributed by atoms with E-state index >= 15 is 0 Å². The van der Waals surface area contributed by atoms with Crippen LogP contribution in [0, 0.1) is 12.8 Å². The number of hydrogen-bond donors (Lipinski definition) is 1. The van der Waals surface area contributed by atoms with Crippen LogP contribution in [0.4, 0.5) is 5.69 Å². The molecule has 0 spiro atoms. The molecule has 2 aromatic carbocycles. The summed E-state index contributed by atoms with van der Waals surface area (Å²) in [5.41, 5.74) is 7.53. The molecule has 1 saturated heterocycles. The molecule has 2 atom stereocenters. The average Bonchev–Trinajstić information content (AvgIpc) is 3.15. The van der Waals surface area contributed by atoms with Crippen molar-refractivity contribution in [2.45, 2.75) is 80.2 Å². The molecule has 0 aromatic heterocycles. The van der Waals surface area contributed by atoms with E-state index in [-0.39, 0.29) is 17.9 Å². The van der Waals surface area contributed by atoms with Gasteiger partial charge in [-0.25, -0.2) is 0 Å². The van der Waals surface area contributed by atoms with Crippen LogP contribution in [0.15, 0.2) is 30.3 Å². The Bertz CT molecular complexity index is 1290. The van der Waals surface area contributed by atoms with Gasteiger partial charge in [-0.1, -0.05) is 0 Å². The van der Waals surface area contributed by atoms with Gasteiger partial charge in [0.25, 0.3) is 0 Å². The van der Waals surface area contributed by atoms with E-state index in [9.17, 15) is 9.59 Å². The molecule has 41 heavy (non-hydrogen) atoms. The molecule has 0 radical (unpaired) electrons. The number of halogens is 1. The molecule has 0 amide bonds. The van der Waals surface area contributed by atoms with E-state index in [1.165, 1.54) is 58.6 Å². The third kappa shape index (κ3) is 7.65. The van der Waals surface area contributed by atoms with Crippen LogP contribution in [0.5, 0.6) is 5.75 Å². The molecule has 1 heterocycles. The summed E-state index contributed by atoms with van der Waals surface area (Å²) in [5.74, 6) is 0.689. The van der Waals surface area contributed by atoms with Crippen molar-refractivity contribution in [1.29, 1.82) is 0 Å². The minimum atomic E-state index is -1.51. The number of methoxy groups -OCH3 is 2. The Morgan fingerprint density at radius 3 is 2.56 bits per heavy atom. The predicted molar refractivity (Wildman–Crippen MR) is 176 cm³/mol. The first-order valence-corrected chi connectivity index (χ1v) is 18.9. The fraction of sp³-hybridized carbons (Fsp3) is 0.529. The predicted octanol–water partition coefficient (Wildman–Crippen LogP) is 8.07. The molecule has 7 heteroatoms. The quantitative estimate of drug-likeness (QED) is 0.173. The number of ether oxygens (including phenoxy) is 3. The van der Waals surface area contributed by atoms with Gasteiger partial charge in [-0.05, 0) is 0 Å². The molecule has 0 saturated carbocycles. The summed E-state index contributed by atoms with van der Waals surface area (Å²) in [5, 5.41) is 3.21. The number of fused-ring (bicyclic) bond motifs is 1. The Kier molecular flexibility index (Phi) is 10.4. The van der Waals surface area contributed by atoms with Crippen LogP contribution in [0.1, 0.15) is 95.0 Å². The molecule has 2 unspecified atom stereocenters. The molecular formula is C34H46INO5. The summed E-state index contributed by atoms with van der Waals surface area (Å²) in [6.45, 7) is 7.93. The van der Waals surface area contributed by atoms with E-state index in [2.05, 4.69) is 42.6 Å². The molecular weight excluding hydrogens is 629 g/mol. The third-order valence-electron chi connectivity index (χ3n) is 7.98. The first-order valence-electron chi connectivity index (χ1n) is 14.6. The van der Waals surface area contributed by atoms with Crippen LogP contribution in [0.2, 0.25) is 0 Å². The van der Waals surface area contributed by atoms with Crippen LogP contribution >= 0.6 is 19.8 Å². The number of carbonyl (C=O) groups excluding carboxylic acids is 2. The molecule has 0 bridgehead atoms. The maximum absolute atomic E-state index is 12.6. The van der Waals surface area contributed by atoms with Gasteiger partial charge in [0.1, 0.15) is 0 Å². The van der Waals surface area contributed by atoms with Crippen molar-refractivity contribution >= 4 is 43.5 Å². The first-order chi connectivity index (χ1) is 19.5. The second-order valence-electron chi connectivity index (χ2n) is 12.0. The molecule has 1 aliphatic heterocycles. The summed E-state index contributed by atoms with van der Waals surface area (Å²) in [7, 11) is 5.06. The second-order valence-corrected chi connectivity index (χ2v) is 18.2. The van der Waals surface area contributed by atoms with Crippen molar-refractivity contribution in [3.63, 3.8) is 0 Å². The van der Waals surface area contributed by atoms with Gasteiger partial charge < -0.3 is 0 Å². The number of hydrogen-bond acceptors (Lipinski definition) is 6. The number of allylic oxidation sites excluding steroid dienone is 1. The van der Waals surface area contributed by atoms with E-state index in [4.69, 9.17) is 14.2 Å². The van der Waals surface area contributed by atoms with Crippen molar-refractivity contribution in [3.8, 4) is 5.75 Å². The molecule has 1 fully saturated rings. The number of benzene rings is 2. The van der Waals surface area contributed by atoms with Crippen molar-refractivity contribution in [2.24, 2.45) is 5.92 Å². The molecule has 224 valence electrons. The van der Waals surface area contributed by atoms with Crippen LogP contribution in [-0.4, -0.2) is 43.2 Å². The molecule has 6 nitrogen and oxygen atoms in total. The van der Waals surface area contributed by atoms with E-state index < -0.39 is 25.4 Å². The zero-order valence-corrected chi connectivity index (χ0v) is 27.9. The Hall–Kier alpha value is -2.55. The monoisotopic (exact) mass is 675 g/mol. The molecule has 2 aromatic rings. The number of aryl methyl sites for hydroxylation is 1. The molecule has 4 rings (SSSR count). The third-order valence-corrected chi connectivity index (χ3v) is 15.3. The summed E-state index contributed by atoms with van der Waals surface area (Å²) >= 11 is -1.51. The van der Waals surface area contributed by atoms with E-state index in [0.717, 1.165) is 28.7 Å². The number of alkyl halides is 3. The van der Waals surface area contributed by atoms with E-state index in [0.29, 0.717) is 15.9 Å². The summed E-state index contributed by atoms with van der Waals surface area (Å²) in [6.07, 6.45) is 10.5. The van der Waals surface area contributed by atoms with Gasteiger partial charge >= 0.3 is 254 Å². The van der Waals surface area contributed by atoms with Crippen molar-refractivity contribution in [3.05, 3.63) is 63.7 Å². The van der Waals surface area contributed by atoms with Crippen LogP contribution in [-0.2, 0) is 25.1 Å². The summed E-state index contributed by atoms with van der Waals surface area (Å²) in [4.78, 5) is 24.9. The number of anilines is 1. The van der Waals surface area contributed by atoms with Gasteiger partial charge in [0.2, 0.25) is 0 Å². The number of esters is 2. The van der Waals surface area contributed by atoms with Crippen molar-refractivity contribution in [1.82, 2.24) is 0 Å². The first kappa shape index (κ1) is 31.4. The van der Waals surface area contributed by atoms with Gasteiger partial charge in [0, 0.05) is 0 Å². The summed E-state index contributed by atoms with van der Waals surface area (Å²) in [6, 6.07) is 8.44. The van der Waals surface area contributed by atoms with Crippen molar-refractivity contribution in [2.75, 3.05) is 31.0 Å². The Balaban J connectivity index is 1.65. The Morgan fingerprint density at radius 1 is 1.10 bits per heavy atom. The molecule has 1 aliphatic carbocycles. The Labute approximate surface area is 253 Å². The SMILES string of the molecule is CNc1cc(C2CCCCI2Cc2c(OC)cc(C)c3c2C=CC(CC(=O)OC(C)(C)C)CC3)ccc1C(=O)OC. The standard InChI is InChI=1S/C34H46INO5/c1-22-18-31(39-6)28(26-15-12-23(11-14-25(22)26)19-32(37)41-34(2,3)4)21-35-17-9-8-10-29(35)24-13-16-27(33(38)40-7)30(20-24)36-5/h12-13,15-16,18,20,23,29,36H,8-11,14,17,19,21H2,1-7H3. The number of rotatable bonds is 8. The zero-order chi connectivity index (χ0) is 29.7.